The SMILES string of the molecule is CCCCCCOC(=O)CCCC(=O)Oc1ccc(SC)cc1. The lowest BCUT2D eigenvalue weighted by Crippen LogP contribution is -2.10. The molecule has 1 aromatic rings. The molecule has 0 heterocycles. The van der Waals surface area contributed by atoms with E-state index in [1.807, 2.05) is 18.4 Å². The smallest absolute Gasteiger partial charge is 0.311 e. The van der Waals surface area contributed by atoms with Crippen LogP contribution >= 0.6 is 11.8 Å². The van der Waals surface area contributed by atoms with E-state index in [0.717, 1.165) is 24.2 Å². The van der Waals surface area contributed by atoms with Crippen molar-refractivity contribution in [2.24, 2.45) is 0 Å². The highest BCUT2D eigenvalue weighted by Crippen LogP contribution is 2.19. The lowest BCUT2D eigenvalue weighted by atomic mass is 10.2. The fourth-order valence-electron chi connectivity index (χ4n) is 1.99. The number of esters is 2. The molecule has 4 nitrogen and oxygen atoms in total. The number of hydrogen-bond donors (Lipinski definition) is 0. The van der Waals surface area contributed by atoms with Gasteiger partial charge in [0.1, 0.15) is 5.75 Å². The maximum Gasteiger partial charge on any atom is 0.311 e. The molecule has 23 heavy (non-hydrogen) atoms. The van der Waals surface area contributed by atoms with Crippen molar-refractivity contribution in [1.82, 2.24) is 0 Å². The van der Waals surface area contributed by atoms with Gasteiger partial charge in [-0.05, 0) is 43.4 Å². The van der Waals surface area contributed by atoms with Crippen molar-refractivity contribution < 1.29 is 19.1 Å². The minimum Gasteiger partial charge on any atom is -0.466 e. The summed E-state index contributed by atoms with van der Waals surface area (Å²) in [6.07, 6.45) is 7.25. The number of thioether (sulfide) groups is 1. The molecule has 1 rings (SSSR count). The molecule has 0 unspecified atom stereocenters. The summed E-state index contributed by atoms with van der Waals surface area (Å²) in [4.78, 5) is 24.3. The number of unbranched alkanes of at least 4 members (excludes halogenated alkanes) is 3. The summed E-state index contributed by atoms with van der Waals surface area (Å²) in [5.74, 6) is -0.0254. The summed E-state index contributed by atoms with van der Waals surface area (Å²) in [6, 6.07) is 7.36. The number of ether oxygens (including phenoxy) is 2. The molecule has 0 aliphatic rings. The van der Waals surface area contributed by atoms with Gasteiger partial charge in [0.25, 0.3) is 0 Å². The van der Waals surface area contributed by atoms with E-state index in [1.165, 1.54) is 6.42 Å². The van der Waals surface area contributed by atoms with Crippen molar-refractivity contribution >= 4 is 23.7 Å². The van der Waals surface area contributed by atoms with E-state index in [-0.39, 0.29) is 24.8 Å². The fourth-order valence-corrected chi connectivity index (χ4v) is 2.40. The maximum atomic E-state index is 11.7. The predicted octanol–water partition coefficient (Wildman–Crippen LogP) is 4.61. The van der Waals surface area contributed by atoms with Crippen LogP contribution in [0.1, 0.15) is 51.9 Å². The van der Waals surface area contributed by atoms with Gasteiger partial charge in [0, 0.05) is 17.7 Å². The van der Waals surface area contributed by atoms with Crippen LogP contribution in [0.3, 0.4) is 0 Å². The molecule has 0 aliphatic carbocycles. The third kappa shape index (κ3) is 9.29. The van der Waals surface area contributed by atoms with Crippen LogP contribution < -0.4 is 4.74 Å². The van der Waals surface area contributed by atoms with Gasteiger partial charge in [-0.15, -0.1) is 11.8 Å². The zero-order valence-electron chi connectivity index (χ0n) is 14.0. The molecule has 1 aromatic carbocycles. The van der Waals surface area contributed by atoms with E-state index in [4.69, 9.17) is 9.47 Å². The highest BCUT2D eigenvalue weighted by molar-refractivity contribution is 7.98. The predicted molar refractivity (Wildman–Crippen MR) is 92.8 cm³/mol. The monoisotopic (exact) mass is 338 g/mol. The van der Waals surface area contributed by atoms with Crippen molar-refractivity contribution in [3.63, 3.8) is 0 Å². The van der Waals surface area contributed by atoms with Crippen LogP contribution in [0.2, 0.25) is 0 Å². The summed E-state index contributed by atoms with van der Waals surface area (Å²) in [5.41, 5.74) is 0. The van der Waals surface area contributed by atoms with Crippen LogP contribution in [-0.4, -0.2) is 24.8 Å². The third-order valence-electron chi connectivity index (χ3n) is 3.31. The van der Waals surface area contributed by atoms with Gasteiger partial charge in [-0.25, -0.2) is 0 Å². The molecule has 0 saturated carbocycles. The zero-order valence-corrected chi connectivity index (χ0v) is 14.8. The molecule has 0 N–H and O–H groups in total. The highest BCUT2D eigenvalue weighted by atomic mass is 32.2. The Bertz CT molecular complexity index is 470. The summed E-state index contributed by atoms with van der Waals surface area (Å²) in [7, 11) is 0. The van der Waals surface area contributed by atoms with Crippen molar-refractivity contribution in [3.8, 4) is 5.75 Å². The Balaban J connectivity index is 2.12. The summed E-state index contributed by atoms with van der Waals surface area (Å²) < 4.78 is 10.3. The topological polar surface area (TPSA) is 52.6 Å². The molecule has 0 amide bonds. The second kappa shape index (κ2) is 12.0. The average molecular weight is 338 g/mol. The molecule has 5 heteroatoms. The molecule has 0 bridgehead atoms. The normalized spacial score (nSPS) is 10.3. The highest BCUT2D eigenvalue weighted by Gasteiger charge is 2.08. The van der Waals surface area contributed by atoms with E-state index < -0.39 is 0 Å². The van der Waals surface area contributed by atoms with Crippen LogP contribution in [0.15, 0.2) is 29.2 Å². The van der Waals surface area contributed by atoms with Crippen molar-refractivity contribution in [2.75, 3.05) is 12.9 Å². The Labute approximate surface area is 142 Å². The summed E-state index contributed by atoms with van der Waals surface area (Å²) in [6.45, 7) is 2.62. The number of carbonyl (C=O) groups is 2. The summed E-state index contributed by atoms with van der Waals surface area (Å²) in [5, 5.41) is 0. The van der Waals surface area contributed by atoms with Crippen LogP contribution in [0, 0.1) is 0 Å². The summed E-state index contributed by atoms with van der Waals surface area (Å²) >= 11 is 1.63. The Morgan fingerprint density at radius 1 is 0.957 bits per heavy atom. The van der Waals surface area contributed by atoms with E-state index in [9.17, 15) is 9.59 Å². The molecular formula is C18H26O4S. The van der Waals surface area contributed by atoms with Crippen LogP contribution in [0.4, 0.5) is 0 Å². The van der Waals surface area contributed by atoms with Gasteiger partial charge >= 0.3 is 11.9 Å². The quantitative estimate of drug-likeness (QED) is 0.255. The van der Waals surface area contributed by atoms with Crippen LogP contribution in [0.5, 0.6) is 5.75 Å². The van der Waals surface area contributed by atoms with Crippen molar-refractivity contribution in [1.29, 1.82) is 0 Å². The standard InChI is InChI=1S/C18H26O4S/c1-3-4-5-6-14-21-17(19)8-7-9-18(20)22-15-10-12-16(23-2)13-11-15/h10-13H,3-9,14H2,1-2H3. The molecular weight excluding hydrogens is 312 g/mol. The molecule has 0 aliphatic heterocycles. The Hall–Kier alpha value is -1.49. The number of rotatable bonds is 11. The van der Waals surface area contributed by atoms with Gasteiger partial charge in [-0.1, -0.05) is 26.2 Å². The first-order valence-corrected chi connectivity index (χ1v) is 9.38. The first-order valence-electron chi connectivity index (χ1n) is 8.16. The van der Waals surface area contributed by atoms with Gasteiger partial charge < -0.3 is 9.47 Å². The van der Waals surface area contributed by atoms with Crippen molar-refractivity contribution in [3.05, 3.63) is 24.3 Å². The molecule has 0 saturated heterocycles. The Morgan fingerprint density at radius 2 is 1.65 bits per heavy atom. The van der Waals surface area contributed by atoms with Crippen LogP contribution in [0.25, 0.3) is 0 Å². The molecule has 128 valence electrons. The Morgan fingerprint density at radius 3 is 2.30 bits per heavy atom. The molecule has 0 aromatic heterocycles. The average Bonchev–Trinajstić information content (AvgIpc) is 2.55. The van der Waals surface area contributed by atoms with E-state index in [2.05, 4.69) is 6.92 Å². The van der Waals surface area contributed by atoms with Gasteiger partial charge in [0.15, 0.2) is 0 Å². The molecule has 0 radical (unpaired) electrons. The van der Waals surface area contributed by atoms with Crippen LogP contribution in [-0.2, 0) is 14.3 Å². The largest absolute Gasteiger partial charge is 0.466 e. The van der Waals surface area contributed by atoms with Gasteiger partial charge in [-0.2, -0.15) is 0 Å². The van der Waals surface area contributed by atoms with Gasteiger partial charge in [0.05, 0.1) is 6.61 Å². The maximum absolute atomic E-state index is 11.7. The lowest BCUT2D eigenvalue weighted by molar-refractivity contribution is -0.144. The van der Waals surface area contributed by atoms with E-state index in [0.29, 0.717) is 18.8 Å². The Kier molecular flexibility index (Phi) is 10.2. The molecule has 0 atom stereocenters. The first-order chi connectivity index (χ1) is 11.2. The number of hydrogen-bond acceptors (Lipinski definition) is 5. The molecule has 0 spiro atoms. The van der Waals surface area contributed by atoms with Crippen molar-refractivity contribution in [2.45, 2.75) is 56.8 Å². The second-order valence-corrected chi connectivity index (χ2v) is 6.16. The first kappa shape index (κ1) is 19.6. The fraction of sp³-hybridized carbons (Fsp3) is 0.556. The van der Waals surface area contributed by atoms with Gasteiger partial charge in [0.2, 0.25) is 0 Å². The number of carbonyl (C=O) groups excluding carboxylic acids is 2. The minimum atomic E-state index is -0.322. The second-order valence-electron chi connectivity index (χ2n) is 5.28. The van der Waals surface area contributed by atoms with Gasteiger partial charge in [-0.3, -0.25) is 9.59 Å². The van der Waals surface area contributed by atoms with E-state index >= 15 is 0 Å². The van der Waals surface area contributed by atoms with E-state index in [1.54, 1.807) is 23.9 Å². The minimum absolute atomic E-state index is 0.217. The number of benzene rings is 1. The zero-order chi connectivity index (χ0) is 16.9. The lowest BCUT2D eigenvalue weighted by Gasteiger charge is -2.06. The molecule has 0 fully saturated rings. The third-order valence-corrected chi connectivity index (χ3v) is 4.06.